The Bertz CT molecular complexity index is 649. The molecule has 0 aliphatic rings. The zero-order valence-electron chi connectivity index (χ0n) is 9.38. The Morgan fingerprint density at radius 1 is 1.16 bits per heavy atom. The van der Waals surface area contributed by atoms with Crippen molar-refractivity contribution in [3.05, 3.63) is 63.1 Å². The van der Waals surface area contributed by atoms with Crippen molar-refractivity contribution in [2.75, 3.05) is 5.32 Å². The number of benzene rings is 2. The molecule has 0 fully saturated rings. The lowest BCUT2D eigenvalue weighted by Gasteiger charge is -2.08. The summed E-state index contributed by atoms with van der Waals surface area (Å²) in [5.41, 5.74) is 0.210. The zero-order valence-corrected chi connectivity index (χ0v) is 11.7. The molecule has 0 aromatic heterocycles. The van der Waals surface area contributed by atoms with Crippen LogP contribution in [-0.4, -0.2) is 5.91 Å². The molecular formula is C13H7BrClF2NO. The number of amides is 1. The van der Waals surface area contributed by atoms with E-state index in [1.165, 1.54) is 18.2 Å². The Morgan fingerprint density at radius 3 is 2.53 bits per heavy atom. The van der Waals surface area contributed by atoms with Crippen molar-refractivity contribution in [2.45, 2.75) is 0 Å². The predicted molar refractivity (Wildman–Crippen MR) is 73.5 cm³/mol. The van der Waals surface area contributed by atoms with E-state index in [0.717, 1.165) is 18.2 Å². The van der Waals surface area contributed by atoms with E-state index in [0.29, 0.717) is 4.47 Å². The van der Waals surface area contributed by atoms with Gasteiger partial charge >= 0.3 is 0 Å². The van der Waals surface area contributed by atoms with Gasteiger partial charge in [-0.25, -0.2) is 8.78 Å². The van der Waals surface area contributed by atoms with Gasteiger partial charge in [0, 0.05) is 9.50 Å². The summed E-state index contributed by atoms with van der Waals surface area (Å²) in [6.07, 6.45) is 0. The van der Waals surface area contributed by atoms with E-state index in [4.69, 9.17) is 11.6 Å². The topological polar surface area (TPSA) is 29.1 Å². The van der Waals surface area contributed by atoms with Gasteiger partial charge in [0.2, 0.25) is 0 Å². The highest BCUT2D eigenvalue weighted by Gasteiger charge is 2.13. The van der Waals surface area contributed by atoms with Gasteiger partial charge in [-0.3, -0.25) is 4.79 Å². The van der Waals surface area contributed by atoms with Crippen LogP contribution in [0.15, 0.2) is 40.9 Å². The van der Waals surface area contributed by atoms with Gasteiger partial charge in [0.15, 0.2) is 0 Å². The van der Waals surface area contributed by atoms with Crippen LogP contribution < -0.4 is 5.32 Å². The molecule has 2 nitrogen and oxygen atoms in total. The van der Waals surface area contributed by atoms with E-state index in [1.807, 2.05) is 0 Å². The van der Waals surface area contributed by atoms with Gasteiger partial charge in [0.05, 0.1) is 11.3 Å². The summed E-state index contributed by atoms with van der Waals surface area (Å²) in [6.45, 7) is 0. The van der Waals surface area contributed by atoms with Gasteiger partial charge < -0.3 is 5.32 Å². The first kappa shape index (κ1) is 14.0. The normalized spacial score (nSPS) is 10.3. The van der Waals surface area contributed by atoms with Crippen molar-refractivity contribution in [2.24, 2.45) is 0 Å². The highest BCUT2D eigenvalue weighted by molar-refractivity contribution is 9.10. The molecule has 0 aliphatic heterocycles. The maximum Gasteiger partial charge on any atom is 0.256 e. The van der Waals surface area contributed by atoms with Crippen LogP contribution in [0.4, 0.5) is 14.5 Å². The molecule has 1 N–H and O–H groups in total. The maximum absolute atomic E-state index is 13.5. The van der Waals surface area contributed by atoms with Gasteiger partial charge in [-0.2, -0.15) is 0 Å². The van der Waals surface area contributed by atoms with Crippen LogP contribution in [0.25, 0.3) is 0 Å². The molecule has 98 valence electrons. The lowest BCUT2D eigenvalue weighted by atomic mass is 10.2. The van der Waals surface area contributed by atoms with Crippen molar-refractivity contribution in [3.63, 3.8) is 0 Å². The molecule has 0 spiro atoms. The Labute approximate surface area is 121 Å². The summed E-state index contributed by atoms with van der Waals surface area (Å²) in [4.78, 5) is 11.9. The fourth-order valence-electron chi connectivity index (χ4n) is 1.45. The average Bonchev–Trinajstić information content (AvgIpc) is 2.32. The van der Waals surface area contributed by atoms with E-state index in [9.17, 15) is 13.6 Å². The minimum absolute atomic E-state index is 0.00521. The third-order valence-corrected chi connectivity index (χ3v) is 3.25. The molecule has 2 rings (SSSR count). The van der Waals surface area contributed by atoms with Crippen LogP contribution in [0, 0.1) is 11.6 Å². The van der Waals surface area contributed by atoms with E-state index in [2.05, 4.69) is 21.2 Å². The minimum atomic E-state index is -0.640. The second-order valence-electron chi connectivity index (χ2n) is 3.70. The summed E-state index contributed by atoms with van der Waals surface area (Å²) in [5, 5.41) is 2.62. The van der Waals surface area contributed by atoms with Crippen molar-refractivity contribution in [1.29, 1.82) is 0 Å². The highest BCUT2D eigenvalue weighted by atomic mass is 79.9. The quantitative estimate of drug-likeness (QED) is 0.844. The van der Waals surface area contributed by atoms with Crippen LogP contribution in [0.3, 0.4) is 0 Å². The highest BCUT2D eigenvalue weighted by Crippen LogP contribution is 2.22. The second kappa shape index (κ2) is 5.67. The molecule has 0 radical (unpaired) electrons. The smallest absolute Gasteiger partial charge is 0.256 e. The average molecular weight is 347 g/mol. The van der Waals surface area contributed by atoms with Crippen LogP contribution >= 0.6 is 27.5 Å². The maximum atomic E-state index is 13.5. The first-order chi connectivity index (χ1) is 8.97. The van der Waals surface area contributed by atoms with Crippen LogP contribution in [0.2, 0.25) is 5.02 Å². The van der Waals surface area contributed by atoms with Crippen LogP contribution in [0.1, 0.15) is 10.4 Å². The van der Waals surface area contributed by atoms with Crippen molar-refractivity contribution >= 4 is 39.1 Å². The minimum Gasteiger partial charge on any atom is -0.319 e. The third-order valence-electron chi connectivity index (χ3n) is 2.36. The second-order valence-corrected chi connectivity index (χ2v) is 4.99. The molecule has 1 amide bonds. The number of nitrogens with one attached hydrogen (secondary N) is 1. The summed E-state index contributed by atoms with van der Waals surface area (Å²) in [7, 11) is 0. The number of hydrogen-bond acceptors (Lipinski definition) is 1. The Morgan fingerprint density at radius 2 is 1.89 bits per heavy atom. The Balaban J connectivity index is 2.25. The molecule has 6 heteroatoms. The number of rotatable bonds is 2. The SMILES string of the molecule is O=C(Nc1ccc(Cl)cc1F)c1ccc(F)cc1Br. The number of hydrogen-bond donors (Lipinski definition) is 1. The number of anilines is 1. The van der Waals surface area contributed by atoms with Crippen molar-refractivity contribution in [1.82, 2.24) is 0 Å². The van der Waals surface area contributed by atoms with Crippen LogP contribution in [0.5, 0.6) is 0 Å². The van der Waals surface area contributed by atoms with Crippen LogP contribution in [-0.2, 0) is 0 Å². The van der Waals surface area contributed by atoms with Crippen molar-refractivity contribution in [3.8, 4) is 0 Å². The summed E-state index contributed by atoms with van der Waals surface area (Å²) < 4.78 is 26.7. The molecule has 0 saturated heterocycles. The van der Waals surface area contributed by atoms with Crippen molar-refractivity contribution < 1.29 is 13.6 Å². The molecule has 0 aliphatic carbocycles. The first-order valence-electron chi connectivity index (χ1n) is 5.19. The zero-order chi connectivity index (χ0) is 14.0. The summed E-state index contributed by atoms with van der Waals surface area (Å²) in [6, 6.07) is 7.53. The molecule has 0 heterocycles. The number of halogens is 4. The molecule has 0 atom stereocenters. The van der Waals surface area contributed by atoms with E-state index in [-0.39, 0.29) is 16.3 Å². The van der Waals surface area contributed by atoms with E-state index in [1.54, 1.807) is 0 Å². The molecule has 0 bridgehead atoms. The van der Waals surface area contributed by atoms with Gasteiger partial charge in [-0.15, -0.1) is 0 Å². The Kier molecular flexibility index (Phi) is 4.17. The largest absolute Gasteiger partial charge is 0.319 e. The first-order valence-corrected chi connectivity index (χ1v) is 6.36. The monoisotopic (exact) mass is 345 g/mol. The van der Waals surface area contributed by atoms with Gasteiger partial charge in [0.1, 0.15) is 11.6 Å². The van der Waals surface area contributed by atoms with Gasteiger partial charge in [-0.1, -0.05) is 11.6 Å². The summed E-state index contributed by atoms with van der Waals surface area (Å²) >= 11 is 8.69. The third kappa shape index (κ3) is 3.30. The van der Waals surface area contributed by atoms with E-state index >= 15 is 0 Å². The molecule has 2 aromatic carbocycles. The molecule has 19 heavy (non-hydrogen) atoms. The van der Waals surface area contributed by atoms with Gasteiger partial charge in [0.25, 0.3) is 5.91 Å². The standard InChI is InChI=1S/C13H7BrClF2NO/c14-10-6-8(16)2-3-9(10)13(19)18-12-4-1-7(15)5-11(12)17/h1-6H,(H,18,19). The molecule has 2 aromatic rings. The lowest BCUT2D eigenvalue weighted by molar-refractivity contribution is 0.102. The lowest BCUT2D eigenvalue weighted by Crippen LogP contribution is -2.13. The number of carbonyl (C=O) groups is 1. The molecular weight excluding hydrogens is 340 g/mol. The summed E-state index contributed by atoms with van der Waals surface area (Å²) in [5.74, 6) is -1.66. The molecule has 0 unspecified atom stereocenters. The molecule has 0 saturated carbocycles. The fourth-order valence-corrected chi connectivity index (χ4v) is 2.14. The fraction of sp³-hybridized carbons (Fsp3) is 0. The Hall–Kier alpha value is -1.46. The van der Waals surface area contributed by atoms with E-state index < -0.39 is 17.5 Å². The van der Waals surface area contributed by atoms with Gasteiger partial charge in [-0.05, 0) is 52.3 Å². The predicted octanol–water partition coefficient (Wildman–Crippen LogP) is 4.63. The number of carbonyl (C=O) groups excluding carboxylic acids is 1.